The van der Waals surface area contributed by atoms with E-state index in [1.54, 1.807) is 6.92 Å². The van der Waals surface area contributed by atoms with Crippen molar-refractivity contribution in [3.63, 3.8) is 0 Å². The zero-order valence-corrected chi connectivity index (χ0v) is 9.61. The van der Waals surface area contributed by atoms with E-state index in [-0.39, 0.29) is 18.0 Å². The van der Waals surface area contributed by atoms with Gasteiger partial charge in [0.25, 0.3) is 0 Å². The summed E-state index contributed by atoms with van der Waals surface area (Å²) in [4.78, 5) is 11.0. The molecule has 0 radical (unpaired) electrons. The number of hydrogen-bond donors (Lipinski definition) is 0. The molecule has 0 heterocycles. The zero-order valence-electron chi connectivity index (χ0n) is 8.86. The minimum atomic E-state index is -0.490. The molecule has 1 aromatic carbocycles. The Morgan fingerprint density at radius 3 is 2.67 bits per heavy atom. The summed E-state index contributed by atoms with van der Waals surface area (Å²) in [6.45, 7) is 3.12. The number of carbonyl (C=O) groups excluding carboxylic acids is 1. The highest BCUT2D eigenvalue weighted by molar-refractivity contribution is 6.32. The third-order valence-electron chi connectivity index (χ3n) is 2.08. The number of hydrogen-bond acceptors (Lipinski definition) is 2. The van der Waals surface area contributed by atoms with Crippen LogP contribution in [0.15, 0.2) is 6.07 Å². The maximum atomic E-state index is 13.4. The second-order valence-corrected chi connectivity index (χ2v) is 3.76. The highest BCUT2D eigenvalue weighted by Crippen LogP contribution is 2.32. The summed E-state index contributed by atoms with van der Waals surface area (Å²) < 4.78 is 18.3. The number of ether oxygens (including phenoxy) is 1. The van der Waals surface area contributed by atoms with Gasteiger partial charge in [-0.3, -0.25) is 4.79 Å². The van der Waals surface area contributed by atoms with Gasteiger partial charge in [0.15, 0.2) is 11.6 Å². The van der Waals surface area contributed by atoms with E-state index < -0.39 is 5.82 Å². The van der Waals surface area contributed by atoms with Crippen LogP contribution in [0.3, 0.4) is 0 Å². The van der Waals surface area contributed by atoms with Crippen molar-refractivity contribution in [1.29, 1.82) is 0 Å². The molecule has 2 nitrogen and oxygen atoms in total. The van der Waals surface area contributed by atoms with Gasteiger partial charge in [-0.15, -0.1) is 0 Å². The van der Waals surface area contributed by atoms with Crippen LogP contribution in [0.1, 0.15) is 18.1 Å². The molecule has 1 rings (SSSR count). The fourth-order valence-electron chi connectivity index (χ4n) is 1.43. The molecule has 0 saturated heterocycles. The van der Waals surface area contributed by atoms with Crippen molar-refractivity contribution in [2.24, 2.45) is 0 Å². The number of ketones is 1. The second kappa shape index (κ2) is 4.62. The van der Waals surface area contributed by atoms with Crippen LogP contribution in [0, 0.1) is 12.7 Å². The maximum absolute atomic E-state index is 13.4. The number of benzene rings is 1. The smallest absolute Gasteiger partial charge is 0.165 e. The normalized spacial score (nSPS) is 10.2. The highest BCUT2D eigenvalue weighted by Gasteiger charge is 2.17. The third kappa shape index (κ3) is 2.48. The van der Waals surface area contributed by atoms with Crippen LogP contribution in [0.2, 0.25) is 5.02 Å². The molecule has 82 valence electrons. The lowest BCUT2D eigenvalue weighted by Crippen LogP contribution is -2.03. The van der Waals surface area contributed by atoms with Crippen LogP contribution in [0.25, 0.3) is 0 Å². The minimum absolute atomic E-state index is 0.0563. The molecule has 0 aromatic heterocycles. The van der Waals surface area contributed by atoms with E-state index in [1.807, 2.05) is 0 Å². The molecule has 0 N–H and O–H groups in total. The lowest BCUT2D eigenvalue weighted by atomic mass is 10.0. The van der Waals surface area contributed by atoms with E-state index in [2.05, 4.69) is 0 Å². The van der Waals surface area contributed by atoms with E-state index in [0.717, 1.165) is 0 Å². The van der Waals surface area contributed by atoms with Crippen LogP contribution in [0.4, 0.5) is 4.39 Å². The second-order valence-electron chi connectivity index (χ2n) is 3.38. The molecule has 4 heteroatoms. The average molecular weight is 231 g/mol. The summed E-state index contributed by atoms with van der Waals surface area (Å²) in [5.74, 6) is -0.517. The van der Waals surface area contributed by atoms with Gasteiger partial charge in [0.2, 0.25) is 0 Å². The number of methoxy groups -OCH3 is 1. The molecular weight excluding hydrogens is 219 g/mol. The van der Waals surface area contributed by atoms with Gasteiger partial charge < -0.3 is 4.74 Å². The molecule has 0 unspecified atom stereocenters. The molecule has 0 spiro atoms. The van der Waals surface area contributed by atoms with E-state index in [1.165, 1.54) is 20.1 Å². The summed E-state index contributed by atoms with van der Waals surface area (Å²) in [6, 6.07) is 1.30. The molecule has 0 bridgehead atoms. The Kier molecular flexibility index (Phi) is 3.69. The zero-order chi connectivity index (χ0) is 11.6. The average Bonchev–Trinajstić information content (AvgIpc) is 2.13. The molecule has 0 saturated carbocycles. The van der Waals surface area contributed by atoms with Crippen molar-refractivity contribution in [3.05, 3.63) is 28.0 Å². The number of aryl methyl sites for hydroxylation is 1. The number of Topliss-reactive ketones (excluding diaryl/α,β-unsaturated/α-hetero) is 1. The first-order chi connectivity index (χ1) is 6.97. The quantitative estimate of drug-likeness (QED) is 0.798. The first-order valence-electron chi connectivity index (χ1n) is 4.48. The van der Waals surface area contributed by atoms with Crippen molar-refractivity contribution < 1.29 is 13.9 Å². The molecule has 1 aromatic rings. The third-order valence-corrected chi connectivity index (χ3v) is 2.60. The molecular formula is C11H12ClFO2. The molecule has 0 aliphatic heterocycles. The van der Waals surface area contributed by atoms with E-state index in [9.17, 15) is 9.18 Å². The van der Waals surface area contributed by atoms with Gasteiger partial charge in [0.1, 0.15) is 5.78 Å². The van der Waals surface area contributed by atoms with Gasteiger partial charge >= 0.3 is 0 Å². The summed E-state index contributed by atoms with van der Waals surface area (Å²) in [5.41, 5.74) is 1.02. The Morgan fingerprint density at radius 2 is 2.20 bits per heavy atom. The monoisotopic (exact) mass is 230 g/mol. The number of halogens is 2. The van der Waals surface area contributed by atoms with E-state index in [0.29, 0.717) is 16.1 Å². The summed E-state index contributed by atoms with van der Waals surface area (Å²) in [5, 5.41) is 0.392. The Hall–Kier alpha value is -1.09. The van der Waals surface area contributed by atoms with Crippen molar-refractivity contribution in [2.75, 3.05) is 7.11 Å². The Morgan fingerprint density at radius 1 is 1.60 bits per heavy atom. The van der Waals surface area contributed by atoms with E-state index >= 15 is 0 Å². The largest absolute Gasteiger partial charge is 0.493 e. The molecule has 0 fully saturated rings. The van der Waals surface area contributed by atoms with Crippen LogP contribution in [0.5, 0.6) is 5.75 Å². The van der Waals surface area contributed by atoms with Gasteiger partial charge in [0.05, 0.1) is 12.1 Å². The SMILES string of the molecule is COc1c(F)cc(C)c(Cl)c1CC(C)=O. The predicted molar refractivity (Wildman–Crippen MR) is 57.1 cm³/mol. The summed E-state index contributed by atoms with van der Waals surface area (Å²) in [7, 11) is 1.35. The standard InChI is InChI=1S/C11H12ClFO2/c1-6-4-9(13)11(15-3)8(10(6)12)5-7(2)14/h4H,5H2,1-3H3. The lowest BCUT2D eigenvalue weighted by Gasteiger charge is -2.12. The number of rotatable bonds is 3. The van der Waals surface area contributed by atoms with Crippen molar-refractivity contribution in [3.8, 4) is 5.75 Å². The van der Waals surface area contributed by atoms with Gasteiger partial charge in [-0.05, 0) is 25.5 Å². The van der Waals surface area contributed by atoms with Crippen LogP contribution < -0.4 is 4.74 Å². The molecule has 0 atom stereocenters. The number of carbonyl (C=O) groups is 1. The van der Waals surface area contributed by atoms with Gasteiger partial charge in [-0.25, -0.2) is 4.39 Å². The predicted octanol–water partition coefficient (Wildman–Crippen LogP) is 2.93. The molecule has 0 aliphatic carbocycles. The van der Waals surface area contributed by atoms with E-state index in [4.69, 9.17) is 16.3 Å². The summed E-state index contributed by atoms with van der Waals surface area (Å²) >= 11 is 5.99. The first-order valence-corrected chi connectivity index (χ1v) is 4.86. The Labute approximate surface area is 93.0 Å². The minimum Gasteiger partial charge on any atom is -0.493 e. The highest BCUT2D eigenvalue weighted by atomic mass is 35.5. The lowest BCUT2D eigenvalue weighted by molar-refractivity contribution is -0.116. The molecule has 15 heavy (non-hydrogen) atoms. The molecule has 0 aliphatic rings. The fraction of sp³-hybridized carbons (Fsp3) is 0.364. The maximum Gasteiger partial charge on any atom is 0.165 e. The fourth-order valence-corrected chi connectivity index (χ4v) is 1.64. The van der Waals surface area contributed by atoms with Crippen molar-refractivity contribution in [1.82, 2.24) is 0 Å². The topological polar surface area (TPSA) is 26.3 Å². The van der Waals surface area contributed by atoms with Crippen LogP contribution >= 0.6 is 11.6 Å². The Balaban J connectivity index is 3.36. The van der Waals surface area contributed by atoms with Crippen LogP contribution in [-0.2, 0) is 11.2 Å². The van der Waals surface area contributed by atoms with Crippen molar-refractivity contribution in [2.45, 2.75) is 20.3 Å². The molecule has 0 amide bonds. The van der Waals surface area contributed by atoms with Crippen LogP contribution in [-0.4, -0.2) is 12.9 Å². The summed E-state index contributed by atoms with van der Waals surface area (Å²) in [6.07, 6.45) is 0.0839. The first kappa shape index (κ1) is 12.0. The van der Waals surface area contributed by atoms with Crippen molar-refractivity contribution >= 4 is 17.4 Å². The van der Waals surface area contributed by atoms with Gasteiger partial charge in [0, 0.05) is 12.0 Å². The van der Waals surface area contributed by atoms with Gasteiger partial charge in [-0.2, -0.15) is 0 Å². The van der Waals surface area contributed by atoms with Gasteiger partial charge in [-0.1, -0.05) is 11.6 Å². The Bertz CT molecular complexity index is 402.